The number of amides is 1. The van der Waals surface area contributed by atoms with Gasteiger partial charge in [0.15, 0.2) is 0 Å². The van der Waals surface area contributed by atoms with Crippen molar-refractivity contribution >= 4 is 11.9 Å². The van der Waals surface area contributed by atoms with Crippen LogP contribution in [-0.4, -0.2) is 50.2 Å². The fourth-order valence-electron chi connectivity index (χ4n) is 2.55. The molecule has 2 atom stereocenters. The maximum Gasteiger partial charge on any atom is 0.310 e. The average molecular weight is 365 g/mol. The van der Waals surface area contributed by atoms with E-state index in [9.17, 15) is 9.59 Å². The number of hydrogen-bond acceptors (Lipinski definition) is 5. The van der Waals surface area contributed by atoms with E-state index in [1.807, 2.05) is 38.1 Å². The second kappa shape index (κ2) is 11.4. The number of esters is 1. The summed E-state index contributed by atoms with van der Waals surface area (Å²) in [4.78, 5) is 26.0. The van der Waals surface area contributed by atoms with Gasteiger partial charge in [-0.25, -0.2) is 0 Å². The number of carbonyl (C=O) groups is 2. The number of rotatable bonds is 11. The molecule has 2 unspecified atom stereocenters. The lowest BCUT2D eigenvalue weighted by Crippen LogP contribution is -2.42. The summed E-state index contributed by atoms with van der Waals surface area (Å²) in [5, 5.41) is 0. The molecule has 0 bridgehead atoms. The van der Waals surface area contributed by atoms with E-state index in [0.29, 0.717) is 26.0 Å². The third-order valence-corrected chi connectivity index (χ3v) is 4.38. The van der Waals surface area contributed by atoms with Crippen molar-refractivity contribution in [2.45, 2.75) is 46.1 Å². The van der Waals surface area contributed by atoms with Crippen LogP contribution in [-0.2, 0) is 14.3 Å². The van der Waals surface area contributed by atoms with Crippen molar-refractivity contribution in [3.63, 3.8) is 0 Å². The van der Waals surface area contributed by atoms with Gasteiger partial charge in [-0.2, -0.15) is 0 Å². The first-order valence-corrected chi connectivity index (χ1v) is 9.07. The SMILES string of the molecule is CCC(C)N(CC(C)C(=O)OC)C(=O)CCCOc1ccc(OC)cc1. The second-order valence-corrected chi connectivity index (χ2v) is 6.36. The van der Waals surface area contributed by atoms with Crippen LogP contribution in [0.15, 0.2) is 24.3 Å². The highest BCUT2D eigenvalue weighted by molar-refractivity contribution is 5.78. The molecule has 0 saturated heterocycles. The van der Waals surface area contributed by atoms with Crippen LogP contribution < -0.4 is 9.47 Å². The van der Waals surface area contributed by atoms with Gasteiger partial charge in [-0.3, -0.25) is 9.59 Å². The van der Waals surface area contributed by atoms with Gasteiger partial charge in [0.2, 0.25) is 5.91 Å². The molecule has 26 heavy (non-hydrogen) atoms. The molecule has 0 N–H and O–H groups in total. The van der Waals surface area contributed by atoms with Crippen LogP contribution in [0.2, 0.25) is 0 Å². The average Bonchev–Trinajstić information content (AvgIpc) is 2.68. The molecule has 0 aliphatic rings. The number of hydrogen-bond donors (Lipinski definition) is 0. The molecule has 0 aliphatic heterocycles. The molecule has 1 aromatic carbocycles. The minimum absolute atomic E-state index is 0.0356. The first-order valence-electron chi connectivity index (χ1n) is 9.07. The molecule has 1 amide bonds. The summed E-state index contributed by atoms with van der Waals surface area (Å²) < 4.78 is 15.5. The van der Waals surface area contributed by atoms with Crippen molar-refractivity contribution in [3.05, 3.63) is 24.3 Å². The Hall–Kier alpha value is -2.24. The Kier molecular flexibility index (Phi) is 9.55. The van der Waals surface area contributed by atoms with Crippen molar-refractivity contribution < 1.29 is 23.8 Å². The molecule has 1 aromatic rings. The molecule has 6 nitrogen and oxygen atoms in total. The van der Waals surface area contributed by atoms with Gasteiger partial charge < -0.3 is 19.1 Å². The minimum atomic E-state index is -0.339. The molecule has 0 saturated carbocycles. The molecule has 0 heterocycles. The van der Waals surface area contributed by atoms with Crippen molar-refractivity contribution in [2.24, 2.45) is 5.92 Å². The summed E-state index contributed by atoms with van der Waals surface area (Å²) >= 11 is 0. The third kappa shape index (κ3) is 6.94. The lowest BCUT2D eigenvalue weighted by atomic mass is 10.1. The van der Waals surface area contributed by atoms with E-state index < -0.39 is 0 Å². The van der Waals surface area contributed by atoms with E-state index in [0.717, 1.165) is 17.9 Å². The van der Waals surface area contributed by atoms with Crippen LogP contribution in [0.3, 0.4) is 0 Å². The van der Waals surface area contributed by atoms with E-state index >= 15 is 0 Å². The molecule has 1 rings (SSSR count). The van der Waals surface area contributed by atoms with Crippen molar-refractivity contribution in [3.8, 4) is 11.5 Å². The highest BCUT2D eigenvalue weighted by Crippen LogP contribution is 2.17. The third-order valence-electron chi connectivity index (χ3n) is 4.38. The van der Waals surface area contributed by atoms with Gasteiger partial charge in [-0.1, -0.05) is 13.8 Å². The van der Waals surface area contributed by atoms with E-state index in [4.69, 9.17) is 14.2 Å². The molecular formula is C20H31NO5. The standard InChI is InChI=1S/C20H31NO5/c1-6-16(3)21(14-15(2)20(23)25-5)19(22)8-7-13-26-18-11-9-17(24-4)10-12-18/h9-12,15-16H,6-8,13-14H2,1-5H3. The zero-order valence-electron chi connectivity index (χ0n) is 16.5. The molecule has 0 fully saturated rings. The lowest BCUT2D eigenvalue weighted by molar-refractivity contribution is -0.147. The summed E-state index contributed by atoms with van der Waals surface area (Å²) in [6.07, 6.45) is 1.83. The van der Waals surface area contributed by atoms with Gasteiger partial charge in [-0.05, 0) is 44.0 Å². The van der Waals surface area contributed by atoms with Gasteiger partial charge in [0.25, 0.3) is 0 Å². The summed E-state index contributed by atoms with van der Waals surface area (Å²) in [6, 6.07) is 7.42. The number of benzene rings is 1. The quantitative estimate of drug-likeness (QED) is 0.445. The Labute approximate surface area is 156 Å². The fraction of sp³-hybridized carbons (Fsp3) is 0.600. The van der Waals surface area contributed by atoms with E-state index in [-0.39, 0.29) is 23.8 Å². The molecule has 6 heteroatoms. The van der Waals surface area contributed by atoms with E-state index in [1.165, 1.54) is 7.11 Å². The van der Waals surface area contributed by atoms with Crippen LogP contribution >= 0.6 is 0 Å². The van der Waals surface area contributed by atoms with Crippen LogP contribution in [0.25, 0.3) is 0 Å². The van der Waals surface area contributed by atoms with Gasteiger partial charge in [0, 0.05) is 19.0 Å². The zero-order chi connectivity index (χ0) is 19.5. The molecule has 146 valence electrons. The first-order chi connectivity index (χ1) is 12.4. The lowest BCUT2D eigenvalue weighted by Gasteiger charge is -2.30. The molecule has 0 spiro atoms. The second-order valence-electron chi connectivity index (χ2n) is 6.36. The van der Waals surface area contributed by atoms with Crippen LogP contribution in [0.1, 0.15) is 40.0 Å². The zero-order valence-corrected chi connectivity index (χ0v) is 16.5. The monoisotopic (exact) mass is 365 g/mol. The Morgan fingerprint density at radius 3 is 2.23 bits per heavy atom. The summed E-state index contributed by atoms with van der Waals surface area (Å²) in [5.74, 6) is 0.920. The van der Waals surface area contributed by atoms with E-state index in [2.05, 4.69) is 0 Å². The van der Waals surface area contributed by atoms with Gasteiger partial charge in [0.1, 0.15) is 11.5 Å². The largest absolute Gasteiger partial charge is 0.497 e. The topological polar surface area (TPSA) is 65.1 Å². The number of nitrogens with zero attached hydrogens (tertiary/aromatic N) is 1. The summed E-state index contributed by atoms with van der Waals surface area (Å²) in [6.45, 7) is 6.64. The van der Waals surface area contributed by atoms with Crippen molar-refractivity contribution in [1.29, 1.82) is 0 Å². The molecule has 0 aromatic heterocycles. The number of ether oxygens (including phenoxy) is 3. The Morgan fingerprint density at radius 1 is 1.08 bits per heavy atom. The molecular weight excluding hydrogens is 334 g/mol. The van der Waals surface area contributed by atoms with Crippen molar-refractivity contribution in [1.82, 2.24) is 4.90 Å². The highest BCUT2D eigenvalue weighted by Gasteiger charge is 2.24. The Balaban J connectivity index is 2.48. The predicted molar refractivity (Wildman–Crippen MR) is 100 cm³/mol. The maximum absolute atomic E-state index is 12.6. The Bertz CT molecular complexity index is 558. The van der Waals surface area contributed by atoms with Gasteiger partial charge >= 0.3 is 5.97 Å². The van der Waals surface area contributed by atoms with Crippen LogP contribution in [0.5, 0.6) is 11.5 Å². The Morgan fingerprint density at radius 2 is 1.69 bits per heavy atom. The molecule has 0 radical (unpaired) electrons. The number of carbonyl (C=O) groups excluding carboxylic acids is 2. The minimum Gasteiger partial charge on any atom is -0.497 e. The number of methoxy groups -OCH3 is 2. The fourth-order valence-corrected chi connectivity index (χ4v) is 2.55. The van der Waals surface area contributed by atoms with Crippen molar-refractivity contribution in [2.75, 3.05) is 27.4 Å². The predicted octanol–water partition coefficient (Wildman–Crippen LogP) is 3.29. The van der Waals surface area contributed by atoms with Crippen LogP contribution in [0, 0.1) is 5.92 Å². The van der Waals surface area contributed by atoms with Gasteiger partial charge in [0.05, 0.1) is 26.7 Å². The summed E-state index contributed by atoms with van der Waals surface area (Å²) in [7, 11) is 2.98. The normalized spacial score (nSPS) is 12.8. The smallest absolute Gasteiger partial charge is 0.310 e. The van der Waals surface area contributed by atoms with Crippen LogP contribution in [0.4, 0.5) is 0 Å². The summed E-state index contributed by atoms with van der Waals surface area (Å²) in [5.41, 5.74) is 0. The highest BCUT2D eigenvalue weighted by atomic mass is 16.5. The van der Waals surface area contributed by atoms with E-state index in [1.54, 1.807) is 18.9 Å². The maximum atomic E-state index is 12.6. The molecule has 0 aliphatic carbocycles. The van der Waals surface area contributed by atoms with Gasteiger partial charge in [-0.15, -0.1) is 0 Å². The first kappa shape index (κ1) is 21.8.